The third kappa shape index (κ3) is 5.26. The van der Waals surface area contributed by atoms with E-state index in [9.17, 15) is 0 Å². The van der Waals surface area contributed by atoms with E-state index in [-0.39, 0.29) is 5.41 Å². The van der Waals surface area contributed by atoms with E-state index >= 15 is 0 Å². The number of ether oxygens (including phenoxy) is 1. The Morgan fingerprint density at radius 1 is 0.583 bits per heavy atom. The third-order valence-corrected chi connectivity index (χ3v) is 9.73. The standard InChI is InChI=1S/C46H37NO/c1-32-16-8-4-15-23-40-41(46(32,2)3)25-27-44-45(40)47(39-21-13-7-14-22-39)42-31-35(24-26-43(42)48-44)38-29-36(33-17-9-5-10-18-33)28-37(30-38)34-19-11-6-12-20-34/h4-22,24-31H,1,23H2,2-3H3/b15-4-,16-8-. The first-order valence-corrected chi connectivity index (χ1v) is 16.6. The quantitative estimate of drug-likeness (QED) is 0.194. The summed E-state index contributed by atoms with van der Waals surface area (Å²) in [4.78, 5) is 2.40. The van der Waals surface area contributed by atoms with E-state index in [2.05, 4.69) is 189 Å². The lowest BCUT2D eigenvalue weighted by Gasteiger charge is -2.38. The van der Waals surface area contributed by atoms with Gasteiger partial charge in [-0.1, -0.05) is 136 Å². The Bertz CT molecular complexity index is 2150. The van der Waals surface area contributed by atoms with Crippen LogP contribution in [0.15, 0.2) is 176 Å². The molecule has 2 nitrogen and oxygen atoms in total. The second kappa shape index (κ2) is 12.1. The summed E-state index contributed by atoms with van der Waals surface area (Å²) in [6, 6.07) is 49.8. The molecule has 232 valence electrons. The fraction of sp³-hybridized carbons (Fsp3) is 0.0870. The molecule has 1 aliphatic heterocycles. The molecule has 8 rings (SSSR count). The zero-order chi connectivity index (χ0) is 32.7. The van der Waals surface area contributed by atoms with Crippen LogP contribution in [0, 0.1) is 0 Å². The van der Waals surface area contributed by atoms with E-state index < -0.39 is 0 Å². The van der Waals surface area contributed by atoms with Gasteiger partial charge in [0.05, 0.1) is 11.4 Å². The zero-order valence-corrected chi connectivity index (χ0v) is 27.4. The Labute approximate surface area is 283 Å². The molecular formula is C46H37NO. The SMILES string of the molecule is C=C1/C=C\C=C/Cc2c(ccc3c2N(c2ccccc2)c2cc(-c4cc(-c5ccccc5)cc(-c5ccccc5)c4)ccc2O3)C1(C)C. The summed E-state index contributed by atoms with van der Waals surface area (Å²) in [7, 11) is 0. The van der Waals surface area contributed by atoms with Crippen molar-refractivity contribution in [3.05, 3.63) is 187 Å². The van der Waals surface area contributed by atoms with Gasteiger partial charge in [0.2, 0.25) is 0 Å². The van der Waals surface area contributed by atoms with E-state index in [0.717, 1.165) is 51.7 Å². The number of fused-ring (bicyclic) bond motifs is 4. The first kappa shape index (κ1) is 29.5. The number of rotatable bonds is 4. The molecule has 1 aliphatic carbocycles. The van der Waals surface area contributed by atoms with Crippen molar-refractivity contribution in [2.45, 2.75) is 25.7 Å². The Morgan fingerprint density at radius 3 is 1.81 bits per heavy atom. The summed E-state index contributed by atoms with van der Waals surface area (Å²) in [5.74, 6) is 1.69. The number of nitrogens with zero attached hydrogens (tertiary/aromatic N) is 1. The van der Waals surface area contributed by atoms with E-state index in [0.29, 0.717) is 0 Å². The van der Waals surface area contributed by atoms with Gasteiger partial charge < -0.3 is 9.64 Å². The van der Waals surface area contributed by atoms with Crippen molar-refractivity contribution in [3.8, 4) is 44.9 Å². The molecule has 6 aromatic rings. The van der Waals surface area contributed by atoms with Gasteiger partial charge in [0, 0.05) is 11.1 Å². The van der Waals surface area contributed by atoms with Crippen molar-refractivity contribution < 1.29 is 4.74 Å². The molecule has 0 unspecified atom stereocenters. The minimum absolute atomic E-state index is 0.261. The van der Waals surface area contributed by atoms with Crippen LogP contribution in [0.3, 0.4) is 0 Å². The molecule has 2 aliphatic rings. The van der Waals surface area contributed by atoms with Gasteiger partial charge in [-0.15, -0.1) is 0 Å². The Balaban J connectivity index is 1.34. The minimum Gasteiger partial charge on any atom is -0.453 e. The average Bonchev–Trinajstić information content (AvgIpc) is 3.19. The fourth-order valence-electron chi connectivity index (χ4n) is 6.98. The van der Waals surface area contributed by atoms with E-state index in [4.69, 9.17) is 4.74 Å². The average molecular weight is 620 g/mol. The van der Waals surface area contributed by atoms with Crippen molar-refractivity contribution in [2.24, 2.45) is 0 Å². The first-order valence-electron chi connectivity index (χ1n) is 16.6. The predicted molar refractivity (Wildman–Crippen MR) is 202 cm³/mol. The molecule has 0 N–H and O–H groups in total. The van der Waals surface area contributed by atoms with Crippen LogP contribution < -0.4 is 9.64 Å². The lowest BCUT2D eigenvalue weighted by Crippen LogP contribution is -2.24. The maximum Gasteiger partial charge on any atom is 0.151 e. The topological polar surface area (TPSA) is 12.5 Å². The molecule has 0 bridgehead atoms. The molecule has 6 aromatic carbocycles. The van der Waals surface area contributed by atoms with Crippen LogP contribution in [0.1, 0.15) is 25.0 Å². The lowest BCUT2D eigenvalue weighted by atomic mass is 9.75. The molecule has 48 heavy (non-hydrogen) atoms. The molecular weight excluding hydrogens is 583 g/mol. The van der Waals surface area contributed by atoms with Gasteiger partial charge in [-0.2, -0.15) is 0 Å². The number of para-hydroxylation sites is 1. The third-order valence-electron chi connectivity index (χ3n) is 9.73. The number of allylic oxidation sites excluding steroid dienone is 5. The molecule has 0 saturated carbocycles. The highest BCUT2D eigenvalue weighted by Crippen LogP contribution is 2.55. The molecule has 0 saturated heterocycles. The molecule has 2 heteroatoms. The van der Waals surface area contributed by atoms with E-state index in [1.165, 1.54) is 33.4 Å². The summed E-state index contributed by atoms with van der Waals surface area (Å²) in [6.07, 6.45) is 9.37. The highest BCUT2D eigenvalue weighted by Gasteiger charge is 2.34. The van der Waals surface area contributed by atoms with Crippen LogP contribution in [-0.2, 0) is 11.8 Å². The molecule has 0 amide bonds. The van der Waals surface area contributed by atoms with Crippen LogP contribution in [0.4, 0.5) is 17.1 Å². The summed E-state index contributed by atoms with van der Waals surface area (Å²) in [6.45, 7) is 9.01. The first-order chi connectivity index (χ1) is 23.5. The molecule has 1 heterocycles. The predicted octanol–water partition coefficient (Wildman–Crippen LogP) is 12.8. The van der Waals surface area contributed by atoms with Gasteiger partial charge in [0.15, 0.2) is 11.5 Å². The second-order valence-corrected chi connectivity index (χ2v) is 13.1. The van der Waals surface area contributed by atoms with Crippen LogP contribution in [0.25, 0.3) is 33.4 Å². The van der Waals surface area contributed by atoms with Gasteiger partial charge in [0.25, 0.3) is 0 Å². The van der Waals surface area contributed by atoms with Crippen LogP contribution >= 0.6 is 0 Å². The smallest absolute Gasteiger partial charge is 0.151 e. The van der Waals surface area contributed by atoms with Crippen LogP contribution in [0.2, 0.25) is 0 Å². The van der Waals surface area contributed by atoms with Crippen molar-refractivity contribution in [2.75, 3.05) is 4.90 Å². The van der Waals surface area contributed by atoms with Crippen molar-refractivity contribution in [1.29, 1.82) is 0 Å². The normalized spacial score (nSPS) is 15.9. The number of hydrogen-bond donors (Lipinski definition) is 0. The molecule has 0 spiro atoms. The molecule has 0 aromatic heterocycles. The fourth-order valence-corrected chi connectivity index (χ4v) is 6.98. The number of anilines is 3. The highest BCUT2D eigenvalue weighted by molar-refractivity contribution is 5.92. The van der Waals surface area contributed by atoms with E-state index in [1.807, 2.05) is 0 Å². The molecule has 0 radical (unpaired) electrons. The van der Waals surface area contributed by atoms with Gasteiger partial charge in [-0.05, 0) is 105 Å². The van der Waals surface area contributed by atoms with Gasteiger partial charge in [-0.25, -0.2) is 0 Å². The van der Waals surface area contributed by atoms with E-state index in [1.54, 1.807) is 0 Å². The highest BCUT2D eigenvalue weighted by atomic mass is 16.5. The van der Waals surface area contributed by atoms with Crippen molar-refractivity contribution in [1.82, 2.24) is 0 Å². The summed E-state index contributed by atoms with van der Waals surface area (Å²) >= 11 is 0. The maximum absolute atomic E-state index is 6.77. The maximum atomic E-state index is 6.77. The Hall–Kier alpha value is -5.86. The molecule has 0 atom stereocenters. The minimum atomic E-state index is -0.261. The van der Waals surface area contributed by atoms with Crippen LogP contribution in [-0.4, -0.2) is 0 Å². The summed E-state index contributed by atoms with van der Waals surface area (Å²) in [5, 5.41) is 0. The number of benzene rings is 6. The second-order valence-electron chi connectivity index (χ2n) is 13.1. The summed E-state index contributed by atoms with van der Waals surface area (Å²) in [5.41, 5.74) is 13.6. The van der Waals surface area contributed by atoms with Gasteiger partial charge in [0.1, 0.15) is 0 Å². The Kier molecular flexibility index (Phi) is 7.42. The largest absolute Gasteiger partial charge is 0.453 e. The van der Waals surface area contributed by atoms with Gasteiger partial charge in [-0.3, -0.25) is 0 Å². The summed E-state index contributed by atoms with van der Waals surface area (Å²) < 4.78 is 6.77. The van der Waals surface area contributed by atoms with Crippen molar-refractivity contribution in [3.63, 3.8) is 0 Å². The Morgan fingerprint density at radius 2 is 1.17 bits per heavy atom. The number of hydrogen-bond acceptors (Lipinski definition) is 2. The monoisotopic (exact) mass is 619 g/mol. The zero-order valence-electron chi connectivity index (χ0n) is 27.4. The van der Waals surface area contributed by atoms with Crippen LogP contribution in [0.5, 0.6) is 11.5 Å². The molecule has 0 fully saturated rings. The van der Waals surface area contributed by atoms with Gasteiger partial charge >= 0.3 is 0 Å². The van der Waals surface area contributed by atoms with Crippen molar-refractivity contribution >= 4 is 17.1 Å². The lowest BCUT2D eigenvalue weighted by molar-refractivity contribution is 0.475.